The molecule has 0 aliphatic heterocycles. The zero-order chi connectivity index (χ0) is 14.3. The summed E-state index contributed by atoms with van der Waals surface area (Å²) in [4.78, 5) is 22.0. The maximum Gasteiger partial charge on any atom is 0.238 e. The Labute approximate surface area is 109 Å². The molecule has 2 amide bonds. The SMILES string of the molecule is CC(=O)NCCNCC(=O)Nc1c(F)cccc1F. The summed E-state index contributed by atoms with van der Waals surface area (Å²) in [5.74, 6) is -2.38. The number of para-hydroxylation sites is 1. The largest absolute Gasteiger partial charge is 0.355 e. The van der Waals surface area contributed by atoms with Gasteiger partial charge in [-0.2, -0.15) is 0 Å². The molecule has 7 heteroatoms. The molecule has 1 aromatic rings. The van der Waals surface area contributed by atoms with E-state index in [1.165, 1.54) is 13.0 Å². The van der Waals surface area contributed by atoms with Crippen LogP contribution in [0.15, 0.2) is 18.2 Å². The van der Waals surface area contributed by atoms with E-state index in [1.807, 2.05) is 0 Å². The zero-order valence-electron chi connectivity index (χ0n) is 10.4. The van der Waals surface area contributed by atoms with Crippen LogP contribution in [0.1, 0.15) is 6.92 Å². The van der Waals surface area contributed by atoms with Crippen molar-refractivity contribution in [2.45, 2.75) is 6.92 Å². The summed E-state index contributed by atoms with van der Waals surface area (Å²) < 4.78 is 26.4. The molecule has 0 bridgehead atoms. The number of carbonyl (C=O) groups excluding carboxylic acids is 2. The summed E-state index contributed by atoms with van der Waals surface area (Å²) >= 11 is 0. The maximum absolute atomic E-state index is 13.2. The second-order valence-electron chi connectivity index (χ2n) is 3.80. The van der Waals surface area contributed by atoms with Gasteiger partial charge in [-0.25, -0.2) is 8.78 Å². The van der Waals surface area contributed by atoms with E-state index in [4.69, 9.17) is 0 Å². The molecule has 5 nitrogen and oxygen atoms in total. The first kappa shape index (κ1) is 15.0. The van der Waals surface area contributed by atoms with Crippen molar-refractivity contribution in [2.24, 2.45) is 0 Å². The van der Waals surface area contributed by atoms with Crippen molar-refractivity contribution in [3.63, 3.8) is 0 Å². The Morgan fingerprint density at radius 3 is 2.37 bits per heavy atom. The Bertz CT molecular complexity index is 446. The predicted octanol–water partition coefficient (Wildman–Crippen LogP) is 0.629. The molecular formula is C12H15F2N3O2. The van der Waals surface area contributed by atoms with Crippen LogP contribution >= 0.6 is 0 Å². The van der Waals surface area contributed by atoms with Crippen LogP contribution in [-0.4, -0.2) is 31.4 Å². The highest BCUT2D eigenvalue weighted by Crippen LogP contribution is 2.17. The van der Waals surface area contributed by atoms with Gasteiger partial charge in [0.05, 0.1) is 6.54 Å². The highest BCUT2D eigenvalue weighted by molar-refractivity contribution is 5.92. The van der Waals surface area contributed by atoms with Crippen molar-refractivity contribution >= 4 is 17.5 Å². The van der Waals surface area contributed by atoms with Gasteiger partial charge in [0.15, 0.2) is 0 Å². The second kappa shape index (κ2) is 7.42. The molecule has 1 rings (SSSR count). The molecule has 0 radical (unpaired) electrons. The first-order valence-electron chi connectivity index (χ1n) is 5.69. The average molecular weight is 271 g/mol. The van der Waals surface area contributed by atoms with E-state index in [-0.39, 0.29) is 12.5 Å². The van der Waals surface area contributed by atoms with E-state index >= 15 is 0 Å². The van der Waals surface area contributed by atoms with E-state index in [1.54, 1.807) is 0 Å². The topological polar surface area (TPSA) is 70.2 Å². The number of rotatable bonds is 6. The lowest BCUT2D eigenvalue weighted by Gasteiger charge is -2.08. The second-order valence-corrected chi connectivity index (χ2v) is 3.80. The fourth-order valence-corrected chi connectivity index (χ4v) is 1.33. The summed E-state index contributed by atoms with van der Waals surface area (Å²) in [6.45, 7) is 2.03. The van der Waals surface area contributed by atoms with Gasteiger partial charge in [0.2, 0.25) is 11.8 Å². The number of halogens is 2. The minimum absolute atomic E-state index is 0.104. The summed E-state index contributed by atoms with van der Waals surface area (Å²) in [6, 6.07) is 3.33. The number of benzene rings is 1. The zero-order valence-corrected chi connectivity index (χ0v) is 10.4. The molecule has 0 unspecified atom stereocenters. The quantitative estimate of drug-likeness (QED) is 0.665. The number of anilines is 1. The van der Waals surface area contributed by atoms with E-state index in [0.717, 1.165) is 12.1 Å². The van der Waals surface area contributed by atoms with Crippen LogP contribution in [0.2, 0.25) is 0 Å². The summed E-state index contributed by atoms with van der Waals surface area (Å²) in [7, 11) is 0. The van der Waals surface area contributed by atoms with Crippen molar-refractivity contribution in [1.82, 2.24) is 10.6 Å². The smallest absolute Gasteiger partial charge is 0.238 e. The molecule has 0 saturated heterocycles. The van der Waals surface area contributed by atoms with Crippen LogP contribution in [0, 0.1) is 11.6 Å². The molecule has 0 aliphatic rings. The van der Waals surface area contributed by atoms with Gasteiger partial charge in [-0.15, -0.1) is 0 Å². The summed E-state index contributed by atoms with van der Waals surface area (Å²) in [6.07, 6.45) is 0. The fourth-order valence-electron chi connectivity index (χ4n) is 1.33. The molecule has 0 saturated carbocycles. The van der Waals surface area contributed by atoms with Gasteiger partial charge in [0.25, 0.3) is 0 Å². The molecule has 0 heterocycles. The van der Waals surface area contributed by atoms with Gasteiger partial charge in [-0.05, 0) is 12.1 Å². The molecule has 0 atom stereocenters. The van der Waals surface area contributed by atoms with Gasteiger partial charge in [0, 0.05) is 20.0 Å². The van der Waals surface area contributed by atoms with Crippen LogP contribution in [0.4, 0.5) is 14.5 Å². The molecule has 19 heavy (non-hydrogen) atoms. The van der Waals surface area contributed by atoms with Crippen molar-refractivity contribution in [3.8, 4) is 0 Å². The molecule has 0 spiro atoms. The number of nitrogens with one attached hydrogen (secondary N) is 3. The van der Waals surface area contributed by atoms with Crippen LogP contribution in [0.3, 0.4) is 0 Å². The molecule has 0 aromatic heterocycles. The van der Waals surface area contributed by atoms with Gasteiger partial charge in [-0.1, -0.05) is 6.07 Å². The van der Waals surface area contributed by atoms with Gasteiger partial charge in [-0.3, -0.25) is 9.59 Å². The first-order valence-corrected chi connectivity index (χ1v) is 5.69. The lowest BCUT2D eigenvalue weighted by molar-refractivity contribution is -0.118. The third-order valence-electron chi connectivity index (χ3n) is 2.19. The van der Waals surface area contributed by atoms with Gasteiger partial charge >= 0.3 is 0 Å². The lowest BCUT2D eigenvalue weighted by Crippen LogP contribution is -2.35. The molecule has 0 fully saturated rings. The third kappa shape index (κ3) is 5.43. The van der Waals surface area contributed by atoms with E-state index in [9.17, 15) is 18.4 Å². The molecule has 3 N–H and O–H groups in total. The number of hydrogen-bond acceptors (Lipinski definition) is 3. The van der Waals surface area contributed by atoms with Gasteiger partial charge in [0.1, 0.15) is 17.3 Å². The van der Waals surface area contributed by atoms with Crippen LogP contribution in [0.25, 0.3) is 0 Å². The molecule has 1 aromatic carbocycles. The monoisotopic (exact) mass is 271 g/mol. The average Bonchev–Trinajstić information content (AvgIpc) is 2.33. The molecule has 0 aliphatic carbocycles. The minimum Gasteiger partial charge on any atom is -0.355 e. The summed E-state index contributed by atoms with van der Waals surface area (Å²) in [5, 5.41) is 7.40. The van der Waals surface area contributed by atoms with Crippen LogP contribution in [-0.2, 0) is 9.59 Å². The Hall–Kier alpha value is -2.02. The Morgan fingerprint density at radius 2 is 1.79 bits per heavy atom. The molecular weight excluding hydrogens is 256 g/mol. The predicted molar refractivity (Wildman–Crippen MR) is 66.5 cm³/mol. The normalized spacial score (nSPS) is 10.1. The standard InChI is InChI=1S/C12H15F2N3O2/c1-8(18)16-6-5-15-7-11(19)17-12-9(13)3-2-4-10(12)14/h2-4,15H,5-7H2,1H3,(H,16,18)(H,17,19). The lowest BCUT2D eigenvalue weighted by atomic mass is 10.3. The Kier molecular flexibility index (Phi) is 5.87. The summed E-state index contributed by atoms with van der Waals surface area (Å²) in [5.41, 5.74) is -0.462. The van der Waals surface area contributed by atoms with Crippen molar-refractivity contribution in [2.75, 3.05) is 25.0 Å². The maximum atomic E-state index is 13.2. The number of amides is 2. The highest BCUT2D eigenvalue weighted by atomic mass is 19.1. The van der Waals surface area contributed by atoms with Crippen molar-refractivity contribution in [1.29, 1.82) is 0 Å². The van der Waals surface area contributed by atoms with Crippen molar-refractivity contribution in [3.05, 3.63) is 29.8 Å². The van der Waals surface area contributed by atoms with Crippen molar-refractivity contribution < 1.29 is 18.4 Å². The Morgan fingerprint density at radius 1 is 1.16 bits per heavy atom. The highest BCUT2D eigenvalue weighted by Gasteiger charge is 2.11. The minimum atomic E-state index is -0.827. The Balaban J connectivity index is 2.33. The van der Waals surface area contributed by atoms with E-state index in [0.29, 0.717) is 13.1 Å². The first-order chi connectivity index (χ1) is 9.00. The number of carbonyl (C=O) groups is 2. The van der Waals surface area contributed by atoms with E-state index in [2.05, 4.69) is 16.0 Å². The third-order valence-corrected chi connectivity index (χ3v) is 2.19. The van der Waals surface area contributed by atoms with Crippen LogP contribution < -0.4 is 16.0 Å². The number of hydrogen-bond donors (Lipinski definition) is 3. The fraction of sp³-hybridized carbons (Fsp3) is 0.333. The van der Waals surface area contributed by atoms with Gasteiger partial charge < -0.3 is 16.0 Å². The van der Waals surface area contributed by atoms with Crippen LogP contribution in [0.5, 0.6) is 0 Å². The van der Waals surface area contributed by atoms with E-state index < -0.39 is 23.2 Å². The molecule has 104 valence electrons.